The molecule has 4 rings (SSSR count). The quantitative estimate of drug-likeness (QED) is 0.560. The zero-order chi connectivity index (χ0) is 21.6. The van der Waals surface area contributed by atoms with Crippen molar-refractivity contribution in [1.29, 1.82) is 0 Å². The van der Waals surface area contributed by atoms with Crippen LogP contribution in [-0.2, 0) is 14.3 Å². The van der Waals surface area contributed by atoms with Gasteiger partial charge in [0, 0.05) is 36.3 Å². The van der Waals surface area contributed by atoms with E-state index >= 15 is 0 Å². The fourth-order valence-corrected chi connectivity index (χ4v) is 3.55. The molecule has 2 atom stereocenters. The van der Waals surface area contributed by atoms with E-state index in [9.17, 15) is 9.59 Å². The largest absolute Gasteiger partial charge is 0.379 e. The highest BCUT2D eigenvalue weighted by molar-refractivity contribution is 6.29. The predicted octanol–water partition coefficient (Wildman–Crippen LogP) is 2.35. The van der Waals surface area contributed by atoms with Crippen LogP contribution < -0.4 is 10.2 Å². The molecule has 2 aromatic heterocycles. The molecule has 10 heteroatoms. The number of benzene rings is 1. The lowest BCUT2D eigenvalue weighted by Gasteiger charge is -2.31. The average molecular weight is 442 g/mol. The highest BCUT2D eigenvalue weighted by atomic mass is 35.5. The topological polar surface area (TPSA) is 110 Å². The second-order valence-corrected chi connectivity index (χ2v) is 7.19. The molecule has 160 valence electrons. The number of rotatable bonds is 7. The van der Waals surface area contributed by atoms with Crippen molar-refractivity contribution in [3.63, 3.8) is 0 Å². The molecule has 0 saturated carbocycles. The monoisotopic (exact) mass is 441 g/mol. The Bertz CT molecular complexity index is 1010. The highest BCUT2D eigenvalue weighted by Crippen LogP contribution is 2.30. The van der Waals surface area contributed by atoms with Crippen LogP contribution in [0.1, 0.15) is 18.2 Å². The summed E-state index contributed by atoms with van der Waals surface area (Å²) in [6.45, 7) is 1.00. The molecule has 1 N–H and O–H groups in total. The van der Waals surface area contributed by atoms with Crippen LogP contribution in [0.2, 0.25) is 0 Å². The van der Waals surface area contributed by atoms with Crippen LogP contribution in [0.15, 0.2) is 59.6 Å². The standard InChI is InChI=1S/C21H20ClN5O4/c22-11-19(28)27(16-3-1-14(2-4-16)18-5-7-25-31-18)20(17-12-23-8-9-24-17)21(29)26-15-6-10-30-13-15/h1-5,7-9,12,15,20H,6,10-11,13H2,(H,26,29)/t15?,20-/m1/s1. The summed E-state index contributed by atoms with van der Waals surface area (Å²) < 4.78 is 10.5. The van der Waals surface area contributed by atoms with E-state index in [-0.39, 0.29) is 17.8 Å². The molecule has 3 aromatic rings. The fourth-order valence-electron chi connectivity index (χ4n) is 3.42. The number of amides is 2. The minimum atomic E-state index is -1.04. The first-order chi connectivity index (χ1) is 15.2. The maximum absolute atomic E-state index is 13.3. The molecule has 0 bridgehead atoms. The van der Waals surface area contributed by atoms with Crippen molar-refractivity contribution in [3.8, 4) is 11.3 Å². The maximum Gasteiger partial charge on any atom is 0.249 e. The lowest BCUT2D eigenvalue weighted by Crippen LogP contribution is -2.47. The number of aromatic nitrogens is 3. The Morgan fingerprint density at radius 3 is 2.65 bits per heavy atom. The summed E-state index contributed by atoms with van der Waals surface area (Å²) in [4.78, 5) is 35.9. The Morgan fingerprint density at radius 2 is 2.03 bits per heavy atom. The first kappa shape index (κ1) is 21.0. The van der Waals surface area contributed by atoms with Gasteiger partial charge in [0.05, 0.1) is 30.7 Å². The summed E-state index contributed by atoms with van der Waals surface area (Å²) in [5.74, 6) is -0.539. The highest BCUT2D eigenvalue weighted by Gasteiger charge is 2.35. The van der Waals surface area contributed by atoms with Gasteiger partial charge in [-0.25, -0.2) is 0 Å². The van der Waals surface area contributed by atoms with Crippen molar-refractivity contribution >= 4 is 29.1 Å². The normalized spacial score (nSPS) is 16.6. The smallest absolute Gasteiger partial charge is 0.249 e. The molecule has 0 radical (unpaired) electrons. The maximum atomic E-state index is 13.3. The first-order valence-electron chi connectivity index (χ1n) is 9.70. The van der Waals surface area contributed by atoms with Gasteiger partial charge in [-0.05, 0) is 30.7 Å². The molecule has 1 saturated heterocycles. The molecule has 9 nitrogen and oxygen atoms in total. The molecule has 3 heterocycles. The Kier molecular flexibility index (Phi) is 6.54. The van der Waals surface area contributed by atoms with E-state index in [4.69, 9.17) is 20.9 Å². The van der Waals surface area contributed by atoms with Crippen LogP contribution in [0.3, 0.4) is 0 Å². The van der Waals surface area contributed by atoms with Crippen LogP contribution in [0.4, 0.5) is 5.69 Å². The zero-order valence-corrected chi connectivity index (χ0v) is 17.2. The van der Waals surface area contributed by atoms with E-state index in [0.717, 1.165) is 5.56 Å². The van der Waals surface area contributed by atoms with E-state index in [0.29, 0.717) is 36.8 Å². The molecule has 0 aliphatic carbocycles. The Balaban J connectivity index is 1.70. The van der Waals surface area contributed by atoms with Gasteiger partial charge < -0.3 is 14.6 Å². The number of hydrogen-bond acceptors (Lipinski definition) is 7. The van der Waals surface area contributed by atoms with E-state index in [2.05, 4.69) is 20.4 Å². The van der Waals surface area contributed by atoms with E-state index < -0.39 is 11.9 Å². The van der Waals surface area contributed by atoms with Gasteiger partial charge in [-0.2, -0.15) is 0 Å². The summed E-state index contributed by atoms with van der Waals surface area (Å²) in [6.07, 6.45) is 6.70. The van der Waals surface area contributed by atoms with Crippen molar-refractivity contribution in [2.24, 2.45) is 0 Å². The molecule has 31 heavy (non-hydrogen) atoms. The molecule has 2 amide bonds. The number of nitrogens with one attached hydrogen (secondary N) is 1. The van der Waals surface area contributed by atoms with Crippen molar-refractivity contribution in [2.45, 2.75) is 18.5 Å². The Hall–Kier alpha value is -3.30. The van der Waals surface area contributed by atoms with Gasteiger partial charge in [-0.1, -0.05) is 5.16 Å². The molecular weight excluding hydrogens is 422 g/mol. The van der Waals surface area contributed by atoms with Crippen molar-refractivity contribution < 1.29 is 18.8 Å². The number of carbonyl (C=O) groups is 2. The predicted molar refractivity (Wildman–Crippen MR) is 112 cm³/mol. The lowest BCUT2D eigenvalue weighted by molar-refractivity contribution is -0.126. The third-order valence-electron chi connectivity index (χ3n) is 4.90. The van der Waals surface area contributed by atoms with E-state index in [1.165, 1.54) is 23.5 Å². The molecule has 1 fully saturated rings. The summed E-state index contributed by atoms with van der Waals surface area (Å²) in [7, 11) is 0. The van der Waals surface area contributed by atoms with Crippen LogP contribution in [0, 0.1) is 0 Å². The molecule has 0 spiro atoms. The van der Waals surface area contributed by atoms with E-state index in [1.54, 1.807) is 36.5 Å². The van der Waals surface area contributed by atoms with Gasteiger partial charge in [0.2, 0.25) is 11.8 Å². The molecular formula is C21H20ClN5O4. The minimum Gasteiger partial charge on any atom is -0.379 e. The van der Waals surface area contributed by atoms with Gasteiger partial charge >= 0.3 is 0 Å². The third kappa shape index (κ3) is 4.73. The summed E-state index contributed by atoms with van der Waals surface area (Å²) >= 11 is 5.91. The minimum absolute atomic E-state index is 0.131. The molecule has 1 aliphatic heterocycles. The summed E-state index contributed by atoms with van der Waals surface area (Å²) in [5.41, 5.74) is 1.60. The van der Waals surface area contributed by atoms with Gasteiger partial charge in [0.25, 0.3) is 0 Å². The summed E-state index contributed by atoms with van der Waals surface area (Å²) in [5, 5.41) is 6.65. The third-order valence-corrected chi connectivity index (χ3v) is 5.13. The number of anilines is 1. The Labute approximate surface area is 183 Å². The fraction of sp³-hybridized carbons (Fsp3) is 0.286. The van der Waals surface area contributed by atoms with Crippen LogP contribution in [-0.4, -0.2) is 52.1 Å². The Morgan fingerprint density at radius 1 is 1.19 bits per heavy atom. The van der Waals surface area contributed by atoms with Crippen LogP contribution in [0.25, 0.3) is 11.3 Å². The number of nitrogens with zero attached hydrogens (tertiary/aromatic N) is 4. The van der Waals surface area contributed by atoms with Crippen LogP contribution >= 0.6 is 11.6 Å². The van der Waals surface area contributed by atoms with Crippen molar-refractivity contribution in [3.05, 3.63) is 60.8 Å². The first-order valence-corrected chi connectivity index (χ1v) is 10.2. The SMILES string of the molecule is O=C(NC1CCOC1)[C@@H](c1cnccn1)N(C(=O)CCl)c1ccc(-c2ccno2)cc1. The number of hydrogen-bond donors (Lipinski definition) is 1. The van der Waals surface area contributed by atoms with Gasteiger partial charge in [-0.15, -0.1) is 11.6 Å². The van der Waals surface area contributed by atoms with Crippen molar-refractivity contribution in [2.75, 3.05) is 24.0 Å². The van der Waals surface area contributed by atoms with Gasteiger partial charge in [0.1, 0.15) is 5.88 Å². The average Bonchev–Trinajstić information content (AvgIpc) is 3.52. The molecule has 1 unspecified atom stereocenters. The summed E-state index contributed by atoms with van der Waals surface area (Å²) in [6, 6.07) is 7.55. The number of alkyl halides is 1. The zero-order valence-electron chi connectivity index (χ0n) is 16.5. The van der Waals surface area contributed by atoms with Gasteiger partial charge in [-0.3, -0.25) is 24.5 Å². The second kappa shape index (κ2) is 9.67. The molecule has 1 aliphatic rings. The van der Waals surface area contributed by atoms with Crippen LogP contribution in [0.5, 0.6) is 0 Å². The molecule has 1 aromatic carbocycles. The number of carbonyl (C=O) groups excluding carboxylic acids is 2. The van der Waals surface area contributed by atoms with E-state index in [1.807, 2.05) is 0 Å². The lowest BCUT2D eigenvalue weighted by atomic mass is 10.1. The van der Waals surface area contributed by atoms with Crippen molar-refractivity contribution in [1.82, 2.24) is 20.4 Å². The number of ether oxygens (including phenoxy) is 1. The van der Waals surface area contributed by atoms with Gasteiger partial charge in [0.15, 0.2) is 11.8 Å². The second-order valence-electron chi connectivity index (χ2n) is 6.92. The number of halogens is 1.